The number of thioether (sulfide) groups is 1. The van der Waals surface area contributed by atoms with Crippen molar-refractivity contribution >= 4 is 44.4 Å². The normalized spacial score (nSPS) is 11.7. The van der Waals surface area contributed by atoms with Gasteiger partial charge in [0.05, 0.1) is 0 Å². The Morgan fingerprint density at radius 3 is 2.72 bits per heavy atom. The summed E-state index contributed by atoms with van der Waals surface area (Å²) in [6, 6.07) is 7.75. The summed E-state index contributed by atoms with van der Waals surface area (Å²) in [5, 5.41) is 11.9. The van der Waals surface area contributed by atoms with Gasteiger partial charge in [-0.2, -0.15) is 0 Å². The number of carboxylic acid groups (broad SMARTS) is 1. The summed E-state index contributed by atoms with van der Waals surface area (Å²) in [7, 11) is 0. The topological polar surface area (TPSA) is 50.2 Å². The molecule has 5 heteroatoms. The van der Waals surface area contributed by atoms with Crippen LogP contribution in [0.3, 0.4) is 0 Å². The molecule has 0 atom stereocenters. The highest BCUT2D eigenvalue weighted by molar-refractivity contribution is 9.10. The van der Waals surface area contributed by atoms with Crippen molar-refractivity contribution < 1.29 is 9.90 Å². The van der Waals surface area contributed by atoms with E-state index in [1.165, 1.54) is 11.8 Å². The van der Waals surface area contributed by atoms with Gasteiger partial charge in [0.15, 0.2) is 0 Å². The molecule has 0 saturated heterocycles. The van der Waals surface area contributed by atoms with Crippen LogP contribution in [0.2, 0.25) is 0 Å². The van der Waals surface area contributed by atoms with Crippen molar-refractivity contribution in [1.29, 1.82) is 0 Å². The first-order valence-corrected chi connectivity index (χ1v) is 6.98. The van der Waals surface area contributed by atoms with Crippen LogP contribution in [0, 0.1) is 0 Å². The molecule has 0 bridgehead atoms. The zero-order valence-corrected chi connectivity index (χ0v) is 12.4. The molecule has 1 aromatic heterocycles. The lowest BCUT2D eigenvalue weighted by atomic mass is 10.2. The summed E-state index contributed by atoms with van der Waals surface area (Å²) in [5.41, 5.74) is 0. The number of fused-ring (bicyclic) bond motifs is 1. The van der Waals surface area contributed by atoms with Crippen molar-refractivity contribution in [3.63, 3.8) is 0 Å². The molecule has 0 amide bonds. The minimum Gasteiger partial charge on any atom is -0.480 e. The number of rotatable bonds is 3. The molecule has 3 nitrogen and oxygen atoms in total. The number of aliphatic carboxylic acids is 1. The fraction of sp³-hybridized carbons (Fsp3) is 0.231. The van der Waals surface area contributed by atoms with Crippen molar-refractivity contribution in [3.05, 3.63) is 34.9 Å². The molecular formula is C13H12BrNO2S. The predicted octanol–water partition coefficient (Wildman–Crippen LogP) is 3.95. The molecule has 1 N–H and O–H groups in total. The molecular weight excluding hydrogens is 314 g/mol. The summed E-state index contributed by atoms with van der Waals surface area (Å²) in [5.74, 6) is -0.846. The van der Waals surface area contributed by atoms with Crippen molar-refractivity contribution in [2.75, 3.05) is 0 Å². The van der Waals surface area contributed by atoms with E-state index in [2.05, 4.69) is 20.9 Å². The summed E-state index contributed by atoms with van der Waals surface area (Å²) < 4.78 is 0.0845. The molecule has 0 radical (unpaired) electrons. The molecule has 18 heavy (non-hydrogen) atoms. The first kappa shape index (κ1) is 13.4. The van der Waals surface area contributed by atoms with Crippen molar-refractivity contribution in [3.8, 4) is 0 Å². The van der Waals surface area contributed by atoms with E-state index in [-0.39, 0.29) is 0 Å². The van der Waals surface area contributed by atoms with Crippen LogP contribution in [0.15, 0.2) is 40.0 Å². The number of pyridine rings is 1. The lowest BCUT2D eigenvalue weighted by molar-refractivity contribution is -0.138. The predicted molar refractivity (Wildman–Crippen MR) is 77.0 cm³/mol. The number of hydrogen-bond donors (Lipinski definition) is 1. The number of aromatic nitrogens is 1. The van der Waals surface area contributed by atoms with Gasteiger partial charge in [0.2, 0.25) is 0 Å². The number of carbonyl (C=O) groups is 1. The van der Waals surface area contributed by atoms with E-state index in [9.17, 15) is 9.90 Å². The van der Waals surface area contributed by atoms with E-state index in [0.29, 0.717) is 0 Å². The second-order valence-electron chi connectivity index (χ2n) is 4.37. The van der Waals surface area contributed by atoms with Crippen LogP contribution >= 0.6 is 27.7 Å². The highest BCUT2D eigenvalue weighted by Crippen LogP contribution is 2.37. The molecule has 0 saturated carbocycles. The molecule has 2 rings (SSSR count). The molecule has 2 aromatic rings. The van der Waals surface area contributed by atoms with Crippen LogP contribution < -0.4 is 0 Å². The van der Waals surface area contributed by atoms with Crippen LogP contribution in [-0.4, -0.2) is 20.8 Å². The average Bonchev–Trinajstić information content (AvgIpc) is 2.30. The minimum absolute atomic E-state index is 0.737. The lowest BCUT2D eigenvalue weighted by Gasteiger charge is -2.18. The van der Waals surface area contributed by atoms with E-state index in [1.807, 2.05) is 24.3 Å². The van der Waals surface area contributed by atoms with Crippen LogP contribution in [0.1, 0.15) is 13.8 Å². The van der Waals surface area contributed by atoms with Gasteiger partial charge in [-0.1, -0.05) is 39.8 Å². The van der Waals surface area contributed by atoms with Crippen molar-refractivity contribution in [2.45, 2.75) is 23.6 Å². The Kier molecular flexibility index (Phi) is 3.64. The van der Waals surface area contributed by atoms with Gasteiger partial charge in [0.25, 0.3) is 0 Å². The summed E-state index contributed by atoms with van der Waals surface area (Å²) in [4.78, 5) is 15.5. The van der Waals surface area contributed by atoms with Crippen LogP contribution in [0.5, 0.6) is 0 Å². The fourth-order valence-electron chi connectivity index (χ4n) is 1.51. The molecule has 0 aliphatic carbocycles. The second-order valence-corrected chi connectivity index (χ2v) is 6.83. The number of halogens is 1. The van der Waals surface area contributed by atoms with Crippen LogP contribution in [-0.2, 0) is 4.79 Å². The Labute approximate surface area is 118 Å². The van der Waals surface area contributed by atoms with E-state index in [4.69, 9.17) is 0 Å². The Morgan fingerprint density at radius 2 is 2.06 bits per heavy atom. The van der Waals surface area contributed by atoms with E-state index < -0.39 is 10.7 Å². The third kappa shape index (κ3) is 2.52. The Morgan fingerprint density at radius 1 is 1.33 bits per heavy atom. The molecule has 0 aliphatic rings. The maximum Gasteiger partial charge on any atom is 0.319 e. The Balaban J connectivity index is 2.53. The molecule has 1 heterocycles. The van der Waals surface area contributed by atoms with Gasteiger partial charge in [0.1, 0.15) is 9.77 Å². The first-order chi connectivity index (χ1) is 8.42. The summed E-state index contributed by atoms with van der Waals surface area (Å²) >= 11 is 4.75. The third-order valence-electron chi connectivity index (χ3n) is 2.58. The monoisotopic (exact) mass is 325 g/mol. The third-order valence-corrected chi connectivity index (χ3v) is 4.48. The number of benzene rings is 1. The summed E-state index contributed by atoms with van der Waals surface area (Å²) in [6.45, 7) is 3.36. The molecule has 0 fully saturated rings. The van der Waals surface area contributed by atoms with Gasteiger partial charge < -0.3 is 5.11 Å². The zero-order valence-electron chi connectivity index (χ0n) is 9.98. The SMILES string of the molecule is CC(C)(Sc1nccc2c(Br)cccc12)C(=O)O. The minimum atomic E-state index is -0.899. The van der Waals surface area contributed by atoms with Crippen LogP contribution in [0.25, 0.3) is 10.8 Å². The molecule has 94 valence electrons. The van der Waals surface area contributed by atoms with Gasteiger partial charge in [-0.25, -0.2) is 4.98 Å². The number of hydrogen-bond acceptors (Lipinski definition) is 3. The Hall–Kier alpha value is -1.07. The van der Waals surface area contributed by atoms with Crippen molar-refractivity contribution in [2.24, 2.45) is 0 Å². The largest absolute Gasteiger partial charge is 0.480 e. The van der Waals surface area contributed by atoms with E-state index >= 15 is 0 Å². The van der Waals surface area contributed by atoms with Crippen LogP contribution in [0.4, 0.5) is 0 Å². The van der Waals surface area contributed by atoms with Gasteiger partial charge in [-0.3, -0.25) is 4.79 Å². The second kappa shape index (κ2) is 4.90. The van der Waals surface area contributed by atoms with E-state index in [1.54, 1.807) is 20.0 Å². The fourth-order valence-corrected chi connectivity index (χ4v) is 2.98. The molecule has 1 aromatic carbocycles. The first-order valence-electron chi connectivity index (χ1n) is 5.37. The highest BCUT2D eigenvalue weighted by atomic mass is 79.9. The average molecular weight is 326 g/mol. The number of nitrogens with zero attached hydrogens (tertiary/aromatic N) is 1. The van der Waals surface area contributed by atoms with Gasteiger partial charge in [-0.05, 0) is 26.0 Å². The van der Waals surface area contributed by atoms with Gasteiger partial charge in [0, 0.05) is 21.4 Å². The zero-order chi connectivity index (χ0) is 13.3. The Bertz CT molecular complexity index is 613. The van der Waals surface area contributed by atoms with Gasteiger partial charge >= 0.3 is 5.97 Å². The van der Waals surface area contributed by atoms with Crippen molar-refractivity contribution in [1.82, 2.24) is 4.98 Å². The number of carboxylic acids is 1. The molecule has 0 spiro atoms. The highest BCUT2D eigenvalue weighted by Gasteiger charge is 2.29. The molecule has 0 unspecified atom stereocenters. The summed E-state index contributed by atoms with van der Waals surface area (Å²) in [6.07, 6.45) is 1.70. The maximum absolute atomic E-state index is 11.2. The lowest BCUT2D eigenvalue weighted by Crippen LogP contribution is -2.27. The smallest absolute Gasteiger partial charge is 0.319 e. The molecule has 0 aliphatic heterocycles. The van der Waals surface area contributed by atoms with Gasteiger partial charge in [-0.15, -0.1) is 0 Å². The quantitative estimate of drug-likeness (QED) is 0.868. The van der Waals surface area contributed by atoms with E-state index in [0.717, 1.165) is 20.3 Å². The standard InChI is InChI=1S/C13H12BrNO2S/c1-13(2,12(16)17)18-11-9-4-3-5-10(14)8(9)6-7-15-11/h3-7H,1-2H3,(H,16,17). The maximum atomic E-state index is 11.2.